The van der Waals surface area contributed by atoms with Gasteiger partial charge in [-0.05, 0) is 98.7 Å². The Labute approximate surface area is 159 Å². The monoisotopic (exact) mass is 362 g/mol. The minimum atomic E-state index is -0.437. The molecule has 3 nitrogen and oxygen atoms in total. The van der Waals surface area contributed by atoms with Gasteiger partial charge in [-0.1, -0.05) is 20.8 Å². The highest BCUT2D eigenvalue weighted by molar-refractivity contribution is 5.66. The quantitative estimate of drug-likeness (QED) is 0.695. The van der Waals surface area contributed by atoms with Crippen LogP contribution in [0.3, 0.4) is 0 Å². The number of carbonyl (C=O) groups excluding carboxylic acids is 1. The summed E-state index contributed by atoms with van der Waals surface area (Å²) in [6.07, 6.45) is 11.7. The van der Waals surface area contributed by atoms with E-state index in [9.17, 15) is 9.90 Å². The summed E-state index contributed by atoms with van der Waals surface area (Å²) in [7, 11) is 0. The van der Waals surface area contributed by atoms with Crippen LogP contribution in [0.25, 0.3) is 0 Å². The van der Waals surface area contributed by atoms with Gasteiger partial charge in [-0.25, -0.2) is 0 Å². The average molecular weight is 363 g/mol. The van der Waals surface area contributed by atoms with Crippen LogP contribution >= 0.6 is 0 Å². The Morgan fingerprint density at radius 3 is 2.46 bits per heavy atom. The van der Waals surface area contributed by atoms with Crippen LogP contribution in [0, 0.1) is 34.5 Å². The lowest BCUT2D eigenvalue weighted by Crippen LogP contribution is -2.56. The fourth-order valence-corrected chi connectivity index (χ4v) is 8.25. The molecule has 8 atom stereocenters. The Morgan fingerprint density at radius 2 is 1.77 bits per heavy atom. The van der Waals surface area contributed by atoms with Crippen molar-refractivity contribution in [3.05, 3.63) is 0 Å². The Bertz CT molecular complexity index is 574. The molecule has 0 aromatic carbocycles. The number of ether oxygens (including phenoxy) is 1. The number of esters is 1. The van der Waals surface area contributed by atoms with Gasteiger partial charge in [0.25, 0.3) is 0 Å². The van der Waals surface area contributed by atoms with Gasteiger partial charge in [0, 0.05) is 6.92 Å². The number of hydrogen-bond acceptors (Lipinski definition) is 3. The fraction of sp³-hybridized carbons (Fsp3) is 0.957. The lowest BCUT2D eigenvalue weighted by Gasteiger charge is -2.61. The average Bonchev–Trinajstić information content (AvgIpc) is 2.87. The molecule has 4 aliphatic carbocycles. The molecule has 0 heterocycles. The highest BCUT2D eigenvalue weighted by Crippen LogP contribution is 2.68. The first kappa shape index (κ1) is 18.8. The Kier molecular flexibility index (Phi) is 4.49. The second-order valence-corrected chi connectivity index (χ2v) is 10.5. The highest BCUT2D eigenvalue weighted by Gasteiger charge is 2.64. The third-order valence-corrected chi connectivity index (χ3v) is 9.86. The van der Waals surface area contributed by atoms with Gasteiger partial charge in [0.1, 0.15) is 6.10 Å². The van der Waals surface area contributed by atoms with Crippen LogP contribution in [0.2, 0.25) is 0 Å². The molecule has 0 saturated heterocycles. The molecule has 26 heavy (non-hydrogen) atoms. The van der Waals surface area contributed by atoms with Gasteiger partial charge in [0.15, 0.2) is 0 Å². The lowest BCUT2D eigenvalue weighted by molar-refractivity contribution is -0.169. The van der Waals surface area contributed by atoms with Crippen LogP contribution in [0.15, 0.2) is 0 Å². The van der Waals surface area contributed by atoms with E-state index in [4.69, 9.17) is 4.74 Å². The highest BCUT2D eigenvalue weighted by atomic mass is 16.5. The molecule has 0 aromatic heterocycles. The normalized spacial score (nSPS) is 53.3. The first-order valence-corrected chi connectivity index (χ1v) is 11.1. The lowest BCUT2D eigenvalue weighted by atomic mass is 9.44. The minimum absolute atomic E-state index is 0.120. The molecular weight excluding hydrogens is 324 g/mol. The predicted octanol–water partition coefficient (Wildman–Crippen LogP) is 5.10. The molecule has 0 aliphatic heterocycles. The van der Waals surface area contributed by atoms with E-state index >= 15 is 0 Å². The van der Waals surface area contributed by atoms with Crippen LogP contribution < -0.4 is 0 Å². The summed E-state index contributed by atoms with van der Waals surface area (Å²) < 4.78 is 5.58. The zero-order valence-corrected chi connectivity index (χ0v) is 17.2. The molecule has 0 bridgehead atoms. The van der Waals surface area contributed by atoms with Crippen molar-refractivity contribution in [3.8, 4) is 0 Å². The molecule has 148 valence electrons. The molecule has 4 saturated carbocycles. The van der Waals surface area contributed by atoms with E-state index in [2.05, 4.69) is 20.8 Å². The first-order valence-electron chi connectivity index (χ1n) is 11.1. The largest absolute Gasteiger partial charge is 0.463 e. The molecule has 0 aromatic rings. The maximum Gasteiger partial charge on any atom is 0.302 e. The fourth-order valence-electron chi connectivity index (χ4n) is 8.25. The Hall–Kier alpha value is -0.570. The van der Waals surface area contributed by atoms with Crippen molar-refractivity contribution in [2.45, 2.75) is 104 Å². The smallest absolute Gasteiger partial charge is 0.302 e. The van der Waals surface area contributed by atoms with Gasteiger partial charge in [-0.15, -0.1) is 0 Å². The number of carbonyl (C=O) groups is 1. The zero-order chi connectivity index (χ0) is 18.7. The third-order valence-electron chi connectivity index (χ3n) is 9.86. The molecule has 0 spiro atoms. The summed E-state index contributed by atoms with van der Waals surface area (Å²) in [6, 6.07) is 0. The standard InChI is InChI=1S/C23H38O3/c1-5-23(25)13-10-20-18-7-6-16-14-17(26-15(2)24)8-11-21(16,3)19(18)9-12-22(20,23)4/h16-20,25H,5-14H2,1-4H3/t16-,17-,18-,19+,20-,21-,22-,23-/m0/s1. The van der Waals surface area contributed by atoms with E-state index in [-0.39, 0.29) is 17.5 Å². The topological polar surface area (TPSA) is 46.5 Å². The van der Waals surface area contributed by atoms with E-state index in [1.807, 2.05) is 0 Å². The van der Waals surface area contributed by atoms with Crippen molar-refractivity contribution in [1.29, 1.82) is 0 Å². The van der Waals surface area contributed by atoms with Crippen LogP contribution in [0.1, 0.15) is 91.9 Å². The molecule has 4 aliphatic rings. The van der Waals surface area contributed by atoms with E-state index in [0.29, 0.717) is 17.3 Å². The van der Waals surface area contributed by atoms with Crippen molar-refractivity contribution in [3.63, 3.8) is 0 Å². The maximum atomic E-state index is 11.4. The maximum absolute atomic E-state index is 11.4. The molecule has 0 unspecified atom stereocenters. The zero-order valence-electron chi connectivity index (χ0n) is 17.2. The van der Waals surface area contributed by atoms with E-state index in [0.717, 1.165) is 37.5 Å². The van der Waals surface area contributed by atoms with Crippen LogP contribution in [0.4, 0.5) is 0 Å². The molecule has 3 heteroatoms. The number of fused-ring (bicyclic) bond motifs is 5. The van der Waals surface area contributed by atoms with Gasteiger partial charge >= 0.3 is 5.97 Å². The summed E-state index contributed by atoms with van der Waals surface area (Å²) in [5.41, 5.74) is 0.0995. The Morgan fingerprint density at radius 1 is 1.04 bits per heavy atom. The molecule has 4 fully saturated rings. The summed E-state index contributed by atoms with van der Waals surface area (Å²) in [4.78, 5) is 11.4. The predicted molar refractivity (Wildman–Crippen MR) is 103 cm³/mol. The van der Waals surface area contributed by atoms with Crippen LogP contribution in [-0.4, -0.2) is 22.8 Å². The second-order valence-electron chi connectivity index (χ2n) is 10.5. The van der Waals surface area contributed by atoms with Crippen molar-refractivity contribution in [2.24, 2.45) is 34.5 Å². The number of aliphatic hydroxyl groups is 1. The van der Waals surface area contributed by atoms with E-state index in [1.54, 1.807) is 6.92 Å². The summed E-state index contributed by atoms with van der Waals surface area (Å²) in [5, 5.41) is 11.3. The first-order chi connectivity index (χ1) is 12.2. The van der Waals surface area contributed by atoms with Gasteiger partial charge in [-0.2, -0.15) is 0 Å². The van der Waals surface area contributed by atoms with Gasteiger partial charge in [0.05, 0.1) is 5.60 Å². The van der Waals surface area contributed by atoms with Gasteiger partial charge < -0.3 is 9.84 Å². The third kappa shape index (κ3) is 2.52. The van der Waals surface area contributed by atoms with Crippen LogP contribution in [0.5, 0.6) is 0 Å². The molecule has 1 N–H and O–H groups in total. The minimum Gasteiger partial charge on any atom is -0.463 e. The van der Waals surface area contributed by atoms with Crippen molar-refractivity contribution in [2.75, 3.05) is 0 Å². The number of hydrogen-bond donors (Lipinski definition) is 1. The second kappa shape index (κ2) is 6.22. The molecule has 4 rings (SSSR count). The van der Waals surface area contributed by atoms with E-state index < -0.39 is 5.60 Å². The van der Waals surface area contributed by atoms with Crippen molar-refractivity contribution < 1.29 is 14.6 Å². The SMILES string of the molecule is CC[C@]1(O)CC[C@H]2[C@H]3CC[C@H]4C[C@@H](OC(C)=O)CC[C@]4(C)[C@@H]3CC[C@@]21C. The summed E-state index contributed by atoms with van der Waals surface area (Å²) in [6.45, 7) is 8.66. The van der Waals surface area contributed by atoms with Crippen LogP contribution in [-0.2, 0) is 9.53 Å². The van der Waals surface area contributed by atoms with Crippen molar-refractivity contribution in [1.82, 2.24) is 0 Å². The summed E-state index contributed by atoms with van der Waals surface area (Å²) >= 11 is 0. The molecule has 0 radical (unpaired) electrons. The summed E-state index contributed by atoms with van der Waals surface area (Å²) in [5.74, 6) is 2.89. The molecule has 0 amide bonds. The molecular formula is C23H38O3. The van der Waals surface area contributed by atoms with Crippen molar-refractivity contribution >= 4 is 5.97 Å². The number of rotatable bonds is 2. The Balaban J connectivity index is 1.55. The van der Waals surface area contributed by atoms with E-state index in [1.165, 1.54) is 38.5 Å². The van der Waals surface area contributed by atoms with Gasteiger partial charge in [-0.3, -0.25) is 4.79 Å². The van der Waals surface area contributed by atoms with Gasteiger partial charge in [0.2, 0.25) is 0 Å².